The Labute approximate surface area is 145 Å². The third-order valence-corrected chi connectivity index (χ3v) is 3.56. The lowest BCUT2D eigenvalue weighted by molar-refractivity contribution is 0.0945. The topological polar surface area (TPSA) is 82.3 Å². The van der Waals surface area contributed by atoms with Crippen molar-refractivity contribution in [2.24, 2.45) is 0 Å². The molecular weight excluding hydrogens is 328 g/mol. The molecule has 0 aliphatic heterocycles. The molecule has 0 fully saturated rings. The molecule has 0 saturated heterocycles. The van der Waals surface area contributed by atoms with Crippen LogP contribution in [0.5, 0.6) is 11.5 Å². The minimum atomic E-state index is -0.468. The lowest BCUT2D eigenvalue weighted by Crippen LogP contribution is -2.26. The lowest BCUT2D eigenvalue weighted by atomic mass is 10.2. The first-order chi connectivity index (χ1) is 11.5. The van der Waals surface area contributed by atoms with E-state index in [0.717, 1.165) is 0 Å². The van der Waals surface area contributed by atoms with Crippen molar-refractivity contribution >= 4 is 17.5 Å². The second-order valence-corrected chi connectivity index (χ2v) is 5.66. The van der Waals surface area contributed by atoms with E-state index in [4.69, 9.17) is 21.6 Å². The molecule has 6 heteroatoms. The predicted molar refractivity (Wildman–Crippen MR) is 91.3 cm³/mol. The number of halogens is 1. The fourth-order valence-electron chi connectivity index (χ4n) is 1.99. The van der Waals surface area contributed by atoms with Crippen LogP contribution in [0.3, 0.4) is 0 Å². The van der Waals surface area contributed by atoms with Gasteiger partial charge in [0.1, 0.15) is 17.6 Å². The van der Waals surface area contributed by atoms with Gasteiger partial charge in [0.2, 0.25) is 0 Å². The van der Waals surface area contributed by atoms with Crippen LogP contribution >= 0.6 is 11.6 Å². The first-order valence-electron chi connectivity index (χ1n) is 7.44. The maximum Gasteiger partial charge on any atom is 0.251 e. The highest BCUT2D eigenvalue weighted by Crippen LogP contribution is 2.31. The zero-order chi connectivity index (χ0) is 17.5. The van der Waals surface area contributed by atoms with Gasteiger partial charge >= 0.3 is 0 Å². The summed E-state index contributed by atoms with van der Waals surface area (Å²) in [6.45, 7) is 2.04. The number of aliphatic hydroxyl groups excluding tert-OH is 1. The molecule has 24 heavy (non-hydrogen) atoms. The Balaban J connectivity index is 2.10. The highest BCUT2D eigenvalue weighted by Gasteiger charge is 2.11. The van der Waals surface area contributed by atoms with Crippen molar-refractivity contribution in [2.45, 2.75) is 19.4 Å². The monoisotopic (exact) mass is 344 g/mol. The van der Waals surface area contributed by atoms with Crippen LogP contribution in [0.25, 0.3) is 0 Å². The minimum absolute atomic E-state index is 0.269. The molecule has 0 heterocycles. The van der Waals surface area contributed by atoms with Crippen LogP contribution in [0.2, 0.25) is 5.02 Å². The van der Waals surface area contributed by atoms with Crippen molar-refractivity contribution in [3.8, 4) is 17.6 Å². The Bertz CT molecular complexity index is 769. The Morgan fingerprint density at radius 2 is 2.08 bits per heavy atom. The van der Waals surface area contributed by atoms with E-state index >= 15 is 0 Å². The molecule has 0 spiro atoms. The molecule has 0 saturated carbocycles. The van der Waals surface area contributed by atoms with Crippen LogP contribution in [0.4, 0.5) is 0 Å². The molecule has 0 aliphatic carbocycles. The number of aliphatic hydroxyl groups is 1. The normalized spacial score (nSPS) is 11.4. The van der Waals surface area contributed by atoms with Gasteiger partial charge in [-0.3, -0.25) is 4.79 Å². The first kappa shape index (κ1) is 17.8. The SMILES string of the molecule is CC(O)CCNC(=O)c1ccc(Oc2ccccc2C#N)c(Cl)c1. The van der Waals surface area contributed by atoms with E-state index in [9.17, 15) is 9.90 Å². The van der Waals surface area contributed by atoms with Crippen molar-refractivity contribution in [3.63, 3.8) is 0 Å². The Morgan fingerprint density at radius 1 is 1.33 bits per heavy atom. The number of carbonyl (C=O) groups excluding carboxylic acids is 1. The maximum atomic E-state index is 12.0. The second kappa shape index (κ2) is 8.34. The van der Waals surface area contributed by atoms with Gasteiger partial charge in [-0.05, 0) is 43.7 Å². The number of hydrogen-bond acceptors (Lipinski definition) is 4. The Kier molecular flexibility index (Phi) is 6.19. The Hall–Kier alpha value is -2.55. The van der Waals surface area contributed by atoms with Gasteiger partial charge in [0.25, 0.3) is 5.91 Å². The van der Waals surface area contributed by atoms with Gasteiger partial charge < -0.3 is 15.2 Å². The number of nitriles is 1. The van der Waals surface area contributed by atoms with Gasteiger partial charge in [-0.15, -0.1) is 0 Å². The summed E-state index contributed by atoms with van der Waals surface area (Å²) in [5.41, 5.74) is 0.792. The summed E-state index contributed by atoms with van der Waals surface area (Å²) >= 11 is 6.18. The molecule has 1 unspecified atom stereocenters. The van der Waals surface area contributed by atoms with Crippen LogP contribution < -0.4 is 10.1 Å². The molecule has 0 aliphatic rings. The summed E-state index contributed by atoms with van der Waals surface area (Å²) in [6, 6.07) is 13.5. The molecular formula is C18H17ClN2O3. The van der Waals surface area contributed by atoms with Gasteiger partial charge in [0.15, 0.2) is 0 Å². The number of hydrogen-bond donors (Lipinski definition) is 2. The van der Waals surface area contributed by atoms with Crippen LogP contribution in [0.1, 0.15) is 29.3 Å². The third-order valence-electron chi connectivity index (χ3n) is 3.27. The second-order valence-electron chi connectivity index (χ2n) is 5.25. The van der Waals surface area contributed by atoms with E-state index in [1.807, 2.05) is 6.07 Å². The van der Waals surface area contributed by atoms with Gasteiger partial charge in [0, 0.05) is 12.1 Å². The van der Waals surface area contributed by atoms with E-state index in [-0.39, 0.29) is 10.9 Å². The van der Waals surface area contributed by atoms with Crippen molar-refractivity contribution < 1.29 is 14.6 Å². The number of amides is 1. The highest BCUT2D eigenvalue weighted by molar-refractivity contribution is 6.32. The first-order valence-corrected chi connectivity index (χ1v) is 7.82. The fourth-order valence-corrected chi connectivity index (χ4v) is 2.21. The summed E-state index contributed by atoms with van der Waals surface area (Å²) < 4.78 is 5.66. The number of rotatable bonds is 6. The van der Waals surface area contributed by atoms with Crippen molar-refractivity contribution in [3.05, 3.63) is 58.6 Å². The fraction of sp³-hybridized carbons (Fsp3) is 0.222. The molecule has 1 amide bonds. The number of carbonyl (C=O) groups is 1. The van der Waals surface area contributed by atoms with Gasteiger partial charge in [-0.25, -0.2) is 0 Å². The third kappa shape index (κ3) is 4.72. The van der Waals surface area contributed by atoms with E-state index in [0.29, 0.717) is 35.6 Å². The number of benzene rings is 2. The molecule has 2 aromatic carbocycles. The molecule has 2 rings (SSSR count). The van der Waals surface area contributed by atoms with Crippen LogP contribution in [-0.4, -0.2) is 23.7 Å². The molecule has 0 aromatic heterocycles. The predicted octanol–water partition coefficient (Wildman–Crippen LogP) is 3.50. The number of ether oxygens (including phenoxy) is 1. The largest absolute Gasteiger partial charge is 0.454 e. The number of nitrogens with zero attached hydrogens (tertiary/aromatic N) is 1. The Morgan fingerprint density at radius 3 is 2.75 bits per heavy atom. The van der Waals surface area contributed by atoms with Crippen LogP contribution in [0, 0.1) is 11.3 Å². The molecule has 5 nitrogen and oxygen atoms in total. The standard InChI is InChI=1S/C18H17ClN2O3/c1-12(22)8-9-21-18(23)13-6-7-17(15(19)10-13)24-16-5-3-2-4-14(16)11-20/h2-7,10,12,22H,8-9H2,1H3,(H,21,23). The summed E-state index contributed by atoms with van der Waals surface area (Å²) in [4.78, 5) is 12.0. The molecule has 1 atom stereocenters. The van der Waals surface area contributed by atoms with Gasteiger partial charge in [-0.2, -0.15) is 5.26 Å². The van der Waals surface area contributed by atoms with E-state index in [1.165, 1.54) is 6.07 Å². The molecule has 2 N–H and O–H groups in total. The summed E-state index contributed by atoms with van der Waals surface area (Å²) in [5.74, 6) is 0.484. The molecule has 124 valence electrons. The quantitative estimate of drug-likeness (QED) is 0.840. The zero-order valence-electron chi connectivity index (χ0n) is 13.1. The van der Waals surface area contributed by atoms with Crippen LogP contribution in [-0.2, 0) is 0 Å². The maximum absolute atomic E-state index is 12.0. The zero-order valence-corrected chi connectivity index (χ0v) is 13.9. The molecule has 0 bridgehead atoms. The minimum Gasteiger partial charge on any atom is -0.454 e. The average Bonchev–Trinajstić information content (AvgIpc) is 2.56. The van der Waals surface area contributed by atoms with Crippen molar-refractivity contribution in [1.29, 1.82) is 5.26 Å². The average molecular weight is 345 g/mol. The van der Waals surface area contributed by atoms with E-state index in [2.05, 4.69) is 5.32 Å². The number of nitrogens with one attached hydrogen (secondary N) is 1. The summed E-state index contributed by atoms with van der Waals surface area (Å²) in [5, 5.41) is 21.2. The lowest BCUT2D eigenvalue weighted by Gasteiger charge is -2.11. The summed E-state index contributed by atoms with van der Waals surface area (Å²) in [6.07, 6.45) is 0.0101. The van der Waals surface area contributed by atoms with Crippen molar-refractivity contribution in [2.75, 3.05) is 6.54 Å². The van der Waals surface area contributed by atoms with Crippen molar-refractivity contribution in [1.82, 2.24) is 5.32 Å². The van der Waals surface area contributed by atoms with E-state index in [1.54, 1.807) is 43.3 Å². The molecule has 0 radical (unpaired) electrons. The van der Waals surface area contributed by atoms with Gasteiger partial charge in [0.05, 0.1) is 16.7 Å². The van der Waals surface area contributed by atoms with Crippen LogP contribution in [0.15, 0.2) is 42.5 Å². The molecule has 2 aromatic rings. The van der Waals surface area contributed by atoms with Gasteiger partial charge in [-0.1, -0.05) is 23.7 Å². The summed E-state index contributed by atoms with van der Waals surface area (Å²) in [7, 11) is 0. The smallest absolute Gasteiger partial charge is 0.251 e. The van der Waals surface area contributed by atoms with E-state index < -0.39 is 6.10 Å². The highest BCUT2D eigenvalue weighted by atomic mass is 35.5. The number of para-hydroxylation sites is 1.